The summed E-state index contributed by atoms with van der Waals surface area (Å²) in [6, 6.07) is 15.4. The largest absolute Gasteiger partial charge is 0.445 e. The molecular weight excluding hydrogens is 442 g/mol. The molecule has 2 heterocycles. The Bertz CT molecular complexity index is 1000. The van der Waals surface area contributed by atoms with Gasteiger partial charge in [0.2, 0.25) is 0 Å². The molecule has 0 radical (unpaired) electrons. The van der Waals surface area contributed by atoms with Crippen molar-refractivity contribution in [2.24, 2.45) is 0 Å². The molecule has 1 saturated heterocycles. The number of carbonyl (C=O) groups is 2. The molecule has 1 fully saturated rings. The lowest BCUT2D eigenvalue weighted by Gasteiger charge is -2.33. The highest BCUT2D eigenvalue weighted by Gasteiger charge is 2.27. The maximum atomic E-state index is 12.8. The lowest BCUT2D eigenvalue weighted by molar-refractivity contribution is 0.0544. The third-order valence-electron chi connectivity index (χ3n) is 4.56. The van der Waals surface area contributed by atoms with Gasteiger partial charge in [0.25, 0.3) is 5.91 Å². The quantitative estimate of drug-likeness (QED) is 0.589. The Labute approximate surface area is 174 Å². The summed E-state index contributed by atoms with van der Waals surface area (Å²) in [4.78, 5) is 32.9. The number of fused-ring (bicyclic) bond motifs is 1. The average molecular weight is 460 g/mol. The van der Waals surface area contributed by atoms with Gasteiger partial charge >= 0.3 is 6.09 Å². The van der Waals surface area contributed by atoms with E-state index in [4.69, 9.17) is 4.74 Å². The van der Waals surface area contributed by atoms with Gasteiger partial charge in [-0.05, 0) is 23.8 Å². The molecule has 0 saturated carbocycles. The number of aromatic nitrogens is 1. The van der Waals surface area contributed by atoms with Crippen LogP contribution in [0.15, 0.2) is 53.0 Å². The van der Waals surface area contributed by atoms with Crippen LogP contribution < -0.4 is 0 Å². The minimum absolute atomic E-state index is 0.0883. The van der Waals surface area contributed by atoms with E-state index in [9.17, 15) is 9.59 Å². The molecule has 0 unspecified atom stereocenters. The Kier molecular flexibility index (Phi) is 5.59. The maximum Gasteiger partial charge on any atom is 0.410 e. The normalized spacial score (nSPS) is 14.3. The number of benzene rings is 2. The van der Waals surface area contributed by atoms with E-state index in [1.165, 1.54) is 11.3 Å². The Morgan fingerprint density at radius 1 is 1.04 bits per heavy atom. The number of ether oxygens (including phenoxy) is 1. The van der Waals surface area contributed by atoms with E-state index in [-0.39, 0.29) is 18.6 Å². The third kappa shape index (κ3) is 4.18. The Balaban J connectivity index is 1.32. The average Bonchev–Trinajstić information content (AvgIpc) is 3.15. The van der Waals surface area contributed by atoms with Crippen LogP contribution in [-0.4, -0.2) is 53.0 Å². The number of thiazole rings is 1. The second-order valence-corrected chi connectivity index (χ2v) is 8.40. The zero-order chi connectivity index (χ0) is 19.5. The predicted molar refractivity (Wildman–Crippen MR) is 111 cm³/mol. The van der Waals surface area contributed by atoms with Crippen molar-refractivity contribution in [1.29, 1.82) is 0 Å². The standard InChI is InChI=1S/C20H18BrN3O3S/c21-15-6-7-17-16(12-15)22-18(28-17)19(25)23-8-10-24(11-9-23)20(26)27-13-14-4-2-1-3-5-14/h1-7,12H,8-11,13H2. The van der Waals surface area contributed by atoms with Crippen LogP contribution in [0.4, 0.5) is 4.79 Å². The Hall–Kier alpha value is -2.45. The van der Waals surface area contributed by atoms with Gasteiger partial charge in [-0.2, -0.15) is 0 Å². The number of nitrogens with zero attached hydrogens (tertiary/aromatic N) is 3. The fourth-order valence-corrected chi connectivity index (χ4v) is 4.29. The smallest absolute Gasteiger partial charge is 0.410 e. The summed E-state index contributed by atoms with van der Waals surface area (Å²) >= 11 is 4.82. The number of hydrogen-bond acceptors (Lipinski definition) is 5. The lowest BCUT2D eigenvalue weighted by Crippen LogP contribution is -2.50. The van der Waals surface area contributed by atoms with E-state index in [1.54, 1.807) is 9.80 Å². The third-order valence-corrected chi connectivity index (χ3v) is 6.08. The maximum absolute atomic E-state index is 12.8. The number of carbonyl (C=O) groups excluding carboxylic acids is 2. The first-order chi connectivity index (χ1) is 13.6. The van der Waals surface area contributed by atoms with Crippen LogP contribution in [0.25, 0.3) is 10.2 Å². The fraction of sp³-hybridized carbons (Fsp3) is 0.250. The van der Waals surface area contributed by atoms with Crippen molar-refractivity contribution in [1.82, 2.24) is 14.8 Å². The number of rotatable bonds is 3. The Morgan fingerprint density at radius 3 is 2.50 bits per heavy atom. The van der Waals surface area contributed by atoms with Crippen molar-refractivity contribution in [2.75, 3.05) is 26.2 Å². The fourth-order valence-electron chi connectivity index (χ4n) is 3.03. The van der Waals surface area contributed by atoms with Gasteiger partial charge < -0.3 is 14.5 Å². The van der Waals surface area contributed by atoms with Crippen molar-refractivity contribution >= 4 is 49.5 Å². The highest BCUT2D eigenvalue weighted by molar-refractivity contribution is 9.10. The molecule has 3 aromatic rings. The molecule has 8 heteroatoms. The molecule has 144 valence electrons. The van der Waals surface area contributed by atoms with Crippen LogP contribution in [-0.2, 0) is 11.3 Å². The van der Waals surface area contributed by atoms with Crippen molar-refractivity contribution in [3.05, 3.63) is 63.6 Å². The topological polar surface area (TPSA) is 62.7 Å². The van der Waals surface area contributed by atoms with E-state index >= 15 is 0 Å². The van der Waals surface area contributed by atoms with Gasteiger partial charge in [0.1, 0.15) is 6.61 Å². The summed E-state index contributed by atoms with van der Waals surface area (Å²) in [6.45, 7) is 2.10. The van der Waals surface area contributed by atoms with Gasteiger partial charge in [0.05, 0.1) is 10.2 Å². The molecule has 1 aromatic heterocycles. The molecule has 1 aliphatic rings. The summed E-state index contributed by atoms with van der Waals surface area (Å²) < 4.78 is 7.29. The van der Waals surface area contributed by atoms with E-state index in [1.807, 2.05) is 48.5 Å². The van der Waals surface area contributed by atoms with Crippen LogP contribution in [0, 0.1) is 0 Å². The van der Waals surface area contributed by atoms with E-state index in [0.29, 0.717) is 31.2 Å². The summed E-state index contributed by atoms with van der Waals surface area (Å²) in [5.74, 6) is -0.0883. The molecule has 0 N–H and O–H groups in total. The molecule has 0 spiro atoms. The van der Waals surface area contributed by atoms with Crippen LogP contribution in [0.5, 0.6) is 0 Å². The first kappa shape index (κ1) is 18.9. The molecule has 4 rings (SSSR count). The zero-order valence-electron chi connectivity index (χ0n) is 15.0. The van der Waals surface area contributed by atoms with E-state index in [2.05, 4.69) is 20.9 Å². The number of hydrogen-bond donors (Lipinski definition) is 0. The van der Waals surface area contributed by atoms with Crippen LogP contribution >= 0.6 is 27.3 Å². The van der Waals surface area contributed by atoms with Crippen molar-refractivity contribution < 1.29 is 14.3 Å². The molecule has 0 atom stereocenters. The second-order valence-electron chi connectivity index (χ2n) is 6.45. The molecule has 0 bridgehead atoms. The van der Waals surface area contributed by atoms with Crippen LogP contribution in [0.2, 0.25) is 0 Å². The van der Waals surface area contributed by atoms with Crippen molar-refractivity contribution in [3.8, 4) is 0 Å². The highest BCUT2D eigenvalue weighted by Crippen LogP contribution is 2.26. The molecule has 0 aliphatic carbocycles. The van der Waals surface area contributed by atoms with Gasteiger partial charge in [0.15, 0.2) is 5.01 Å². The van der Waals surface area contributed by atoms with Gasteiger partial charge in [-0.1, -0.05) is 46.3 Å². The predicted octanol–water partition coefficient (Wildman–Crippen LogP) is 4.15. The number of halogens is 1. The van der Waals surface area contributed by atoms with Crippen LogP contribution in [0.1, 0.15) is 15.4 Å². The van der Waals surface area contributed by atoms with Gasteiger partial charge in [-0.15, -0.1) is 11.3 Å². The molecule has 1 aliphatic heterocycles. The molecule has 2 aromatic carbocycles. The summed E-state index contributed by atoms with van der Waals surface area (Å²) in [5, 5.41) is 0.480. The molecule has 28 heavy (non-hydrogen) atoms. The summed E-state index contributed by atoms with van der Waals surface area (Å²) in [6.07, 6.45) is -0.346. The van der Waals surface area contributed by atoms with Gasteiger partial charge in [-0.3, -0.25) is 4.79 Å². The first-order valence-electron chi connectivity index (χ1n) is 8.91. The second kappa shape index (κ2) is 8.28. The number of piperazine rings is 1. The summed E-state index contributed by atoms with van der Waals surface area (Å²) in [7, 11) is 0. The first-order valence-corrected chi connectivity index (χ1v) is 10.5. The highest BCUT2D eigenvalue weighted by atomic mass is 79.9. The van der Waals surface area contributed by atoms with Crippen molar-refractivity contribution in [3.63, 3.8) is 0 Å². The SMILES string of the molecule is O=C(OCc1ccccc1)N1CCN(C(=O)c2nc3cc(Br)ccc3s2)CC1. The van der Waals surface area contributed by atoms with Gasteiger partial charge in [-0.25, -0.2) is 9.78 Å². The van der Waals surface area contributed by atoms with Crippen LogP contribution in [0.3, 0.4) is 0 Å². The molecule has 2 amide bonds. The van der Waals surface area contributed by atoms with Crippen molar-refractivity contribution in [2.45, 2.75) is 6.61 Å². The lowest BCUT2D eigenvalue weighted by atomic mass is 10.2. The number of amides is 2. The monoisotopic (exact) mass is 459 g/mol. The Morgan fingerprint density at radius 2 is 1.75 bits per heavy atom. The minimum Gasteiger partial charge on any atom is -0.445 e. The minimum atomic E-state index is -0.346. The zero-order valence-corrected chi connectivity index (χ0v) is 17.4. The van der Waals surface area contributed by atoms with E-state index in [0.717, 1.165) is 20.3 Å². The molecule has 6 nitrogen and oxygen atoms in total. The summed E-state index contributed by atoms with van der Waals surface area (Å²) in [5.41, 5.74) is 1.76. The van der Waals surface area contributed by atoms with E-state index < -0.39 is 0 Å². The molecular formula is C20H18BrN3O3S. The van der Waals surface area contributed by atoms with Gasteiger partial charge in [0, 0.05) is 30.7 Å².